The zero-order valence-electron chi connectivity index (χ0n) is 4.77. The molecule has 0 fully saturated rings. The monoisotopic (exact) mass is 180 g/mol. The fourth-order valence-electron chi connectivity index (χ4n) is 0.407. The average Bonchev–Trinajstić information content (AvgIpc) is 2.13. The van der Waals surface area contributed by atoms with Gasteiger partial charge in [0.25, 0.3) is 0 Å². The van der Waals surface area contributed by atoms with Gasteiger partial charge < -0.3 is 10.8 Å². The third-order valence-corrected chi connectivity index (χ3v) is 1.45. The highest BCUT2D eigenvalue weighted by Gasteiger charge is 2.08. The number of nitrogens with zero attached hydrogens (tertiary/aromatic N) is 1. The Morgan fingerprint density at radius 1 is 1.80 bits per heavy atom. The Labute approximate surface area is 67.2 Å². The Kier molecular flexibility index (Phi) is 3.11. The van der Waals surface area contributed by atoms with Crippen molar-refractivity contribution in [2.45, 2.75) is 0 Å². The number of hydrogen-bond donors (Lipinski definition) is 2. The van der Waals surface area contributed by atoms with E-state index >= 15 is 0 Å². The fraction of sp³-hybridized carbons (Fsp3) is 0. The SMILES string of the molecule is Cl.Nc1csnc1C(=O)O. The summed E-state index contributed by atoms with van der Waals surface area (Å²) in [5.41, 5.74) is 5.38. The van der Waals surface area contributed by atoms with Crippen LogP contribution in [0.4, 0.5) is 5.69 Å². The van der Waals surface area contributed by atoms with E-state index in [1.807, 2.05) is 0 Å². The number of carboxylic acid groups (broad SMARTS) is 1. The first-order valence-corrected chi connectivity index (χ1v) is 2.98. The van der Waals surface area contributed by atoms with Crippen molar-refractivity contribution < 1.29 is 9.90 Å². The van der Waals surface area contributed by atoms with Gasteiger partial charge in [-0.05, 0) is 11.5 Å². The van der Waals surface area contributed by atoms with Crippen LogP contribution < -0.4 is 5.73 Å². The lowest BCUT2D eigenvalue weighted by molar-refractivity contribution is 0.0693. The second-order valence-electron chi connectivity index (χ2n) is 1.42. The van der Waals surface area contributed by atoms with Crippen molar-refractivity contribution in [2.24, 2.45) is 0 Å². The van der Waals surface area contributed by atoms with Crippen LogP contribution >= 0.6 is 23.9 Å². The molecule has 0 aromatic carbocycles. The molecule has 1 heterocycles. The van der Waals surface area contributed by atoms with E-state index in [4.69, 9.17) is 10.8 Å². The van der Waals surface area contributed by atoms with Gasteiger partial charge in [-0.1, -0.05) is 0 Å². The number of anilines is 1. The number of nitrogen functional groups attached to an aromatic ring is 1. The lowest BCUT2D eigenvalue weighted by atomic mass is 10.4. The molecule has 0 radical (unpaired) electrons. The van der Waals surface area contributed by atoms with Crippen molar-refractivity contribution in [1.82, 2.24) is 4.37 Å². The summed E-state index contributed by atoms with van der Waals surface area (Å²) in [5, 5.41) is 9.81. The summed E-state index contributed by atoms with van der Waals surface area (Å²) < 4.78 is 3.53. The molecule has 0 unspecified atom stereocenters. The van der Waals surface area contributed by atoms with Gasteiger partial charge in [-0.25, -0.2) is 4.79 Å². The molecule has 4 nitrogen and oxygen atoms in total. The second kappa shape index (κ2) is 3.38. The van der Waals surface area contributed by atoms with Crippen molar-refractivity contribution in [1.29, 1.82) is 0 Å². The minimum atomic E-state index is -1.08. The number of aromatic carboxylic acids is 1. The molecule has 0 spiro atoms. The van der Waals surface area contributed by atoms with Crippen LogP contribution in [-0.2, 0) is 0 Å². The van der Waals surface area contributed by atoms with Gasteiger partial charge >= 0.3 is 5.97 Å². The first kappa shape index (κ1) is 9.19. The number of nitrogens with two attached hydrogens (primary N) is 1. The third-order valence-electron chi connectivity index (χ3n) is 0.800. The zero-order valence-corrected chi connectivity index (χ0v) is 6.41. The lowest BCUT2D eigenvalue weighted by Gasteiger charge is -1.84. The molecule has 6 heteroatoms. The zero-order chi connectivity index (χ0) is 6.85. The van der Waals surface area contributed by atoms with E-state index < -0.39 is 5.97 Å². The van der Waals surface area contributed by atoms with E-state index in [9.17, 15) is 4.79 Å². The van der Waals surface area contributed by atoms with E-state index in [1.165, 1.54) is 5.38 Å². The van der Waals surface area contributed by atoms with Gasteiger partial charge in [0.2, 0.25) is 0 Å². The first-order chi connectivity index (χ1) is 4.22. The van der Waals surface area contributed by atoms with Gasteiger partial charge in [0.05, 0.1) is 5.69 Å². The summed E-state index contributed by atoms with van der Waals surface area (Å²) in [6.45, 7) is 0. The highest BCUT2D eigenvalue weighted by molar-refractivity contribution is 7.04. The van der Waals surface area contributed by atoms with Crippen molar-refractivity contribution in [3.63, 3.8) is 0 Å². The maximum Gasteiger partial charge on any atom is 0.357 e. The van der Waals surface area contributed by atoms with Gasteiger partial charge in [-0.3, -0.25) is 0 Å². The predicted octanol–water partition coefficient (Wildman–Crippen LogP) is 0.845. The molecular weight excluding hydrogens is 176 g/mol. The van der Waals surface area contributed by atoms with Crippen molar-refractivity contribution >= 4 is 35.6 Å². The normalized spacial score (nSPS) is 8.40. The highest BCUT2D eigenvalue weighted by atomic mass is 35.5. The van der Waals surface area contributed by atoms with E-state index in [2.05, 4.69) is 4.37 Å². The van der Waals surface area contributed by atoms with Crippen LogP contribution in [0.25, 0.3) is 0 Å². The molecule has 0 amide bonds. The van der Waals surface area contributed by atoms with E-state index in [0.29, 0.717) is 0 Å². The summed E-state index contributed by atoms with van der Waals surface area (Å²) in [6.07, 6.45) is 0. The number of carboxylic acids is 1. The molecule has 0 aliphatic heterocycles. The molecule has 56 valence electrons. The molecule has 1 rings (SSSR count). The minimum absolute atomic E-state index is 0. The Morgan fingerprint density at radius 2 is 2.40 bits per heavy atom. The van der Waals surface area contributed by atoms with Gasteiger partial charge in [0.1, 0.15) is 0 Å². The molecule has 0 aliphatic rings. The van der Waals surface area contributed by atoms with Crippen LogP contribution in [0.2, 0.25) is 0 Å². The molecule has 0 aliphatic carbocycles. The predicted molar refractivity (Wildman–Crippen MR) is 40.7 cm³/mol. The quantitative estimate of drug-likeness (QED) is 0.672. The third kappa shape index (κ3) is 1.58. The van der Waals surface area contributed by atoms with Crippen LogP contribution in [0.15, 0.2) is 5.38 Å². The molecule has 0 saturated carbocycles. The van der Waals surface area contributed by atoms with Crippen LogP contribution in [0.3, 0.4) is 0 Å². The molecule has 1 aromatic rings. The Morgan fingerprint density at radius 3 is 2.60 bits per heavy atom. The summed E-state index contributed by atoms with van der Waals surface area (Å²) in [5.74, 6) is -1.08. The second-order valence-corrected chi connectivity index (χ2v) is 2.05. The standard InChI is InChI=1S/C4H4N2O2S.ClH/c5-2-1-9-6-3(2)4(7)8;/h1H,5H2,(H,7,8);1H. The Bertz CT molecular complexity index is 237. The maximum atomic E-state index is 10.1. The molecule has 0 atom stereocenters. The van der Waals surface area contributed by atoms with E-state index in [0.717, 1.165) is 11.5 Å². The summed E-state index contributed by atoms with van der Waals surface area (Å²) >= 11 is 1.04. The van der Waals surface area contributed by atoms with Crippen molar-refractivity contribution in [3.8, 4) is 0 Å². The minimum Gasteiger partial charge on any atom is -0.476 e. The smallest absolute Gasteiger partial charge is 0.357 e. The van der Waals surface area contributed by atoms with Crippen molar-refractivity contribution in [2.75, 3.05) is 5.73 Å². The topological polar surface area (TPSA) is 76.2 Å². The summed E-state index contributed by atoms with van der Waals surface area (Å²) in [6, 6.07) is 0. The average molecular weight is 181 g/mol. The number of carbonyl (C=O) groups is 1. The van der Waals surface area contributed by atoms with Gasteiger partial charge in [0.15, 0.2) is 5.69 Å². The van der Waals surface area contributed by atoms with E-state index in [1.54, 1.807) is 0 Å². The van der Waals surface area contributed by atoms with Crippen LogP contribution in [-0.4, -0.2) is 15.4 Å². The van der Waals surface area contributed by atoms with Gasteiger partial charge in [0, 0.05) is 5.38 Å². The molecule has 3 N–H and O–H groups in total. The fourth-order valence-corrected chi connectivity index (χ4v) is 0.974. The Hall–Kier alpha value is -0.810. The van der Waals surface area contributed by atoms with Crippen molar-refractivity contribution in [3.05, 3.63) is 11.1 Å². The molecular formula is C4H5ClN2O2S. The molecule has 0 saturated heterocycles. The lowest BCUT2D eigenvalue weighted by Crippen LogP contribution is -1.99. The molecule has 1 aromatic heterocycles. The number of hydrogen-bond acceptors (Lipinski definition) is 4. The van der Waals surface area contributed by atoms with Gasteiger partial charge in [-0.2, -0.15) is 4.37 Å². The number of rotatable bonds is 1. The molecule has 10 heavy (non-hydrogen) atoms. The first-order valence-electron chi connectivity index (χ1n) is 2.15. The van der Waals surface area contributed by atoms with Crippen LogP contribution in [0.5, 0.6) is 0 Å². The number of halogens is 1. The maximum absolute atomic E-state index is 10.1. The highest BCUT2D eigenvalue weighted by Crippen LogP contribution is 2.11. The van der Waals surface area contributed by atoms with Gasteiger partial charge in [-0.15, -0.1) is 12.4 Å². The largest absolute Gasteiger partial charge is 0.476 e. The summed E-state index contributed by atoms with van der Waals surface area (Å²) in [7, 11) is 0. The van der Waals surface area contributed by atoms with Crippen LogP contribution in [0, 0.1) is 0 Å². The number of aromatic nitrogens is 1. The van der Waals surface area contributed by atoms with E-state index in [-0.39, 0.29) is 23.8 Å². The summed E-state index contributed by atoms with van der Waals surface area (Å²) in [4.78, 5) is 10.1. The Balaban J connectivity index is 0.000000810. The molecule has 0 bridgehead atoms. The van der Waals surface area contributed by atoms with Crippen LogP contribution in [0.1, 0.15) is 10.5 Å².